The Morgan fingerprint density at radius 2 is 1.94 bits per heavy atom. The van der Waals surface area contributed by atoms with E-state index >= 15 is 0 Å². The first kappa shape index (κ1) is 20.3. The van der Waals surface area contributed by atoms with E-state index < -0.39 is 29.1 Å². The van der Waals surface area contributed by atoms with Crippen LogP contribution in [0, 0.1) is 0 Å². The zero-order valence-electron chi connectivity index (χ0n) is 18.4. The molecule has 0 bridgehead atoms. The highest BCUT2D eigenvalue weighted by Gasteiger charge is 2.67. The number of methoxy groups -OCH3 is 2. The maximum atomic E-state index is 13.6. The fourth-order valence-corrected chi connectivity index (χ4v) is 6.01. The Labute approximate surface area is 181 Å². The van der Waals surface area contributed by atoms with Crippen LogP contribution in [0.2, 0.25) is 0 Å². The van der Waals surface area contributed by atoms with Crippen molar-refractivity contribution >= 4 is 23.4 Å². The molecule has 0 radical (unpaired) electrons. The van der Waals surface area contributed by atoms with Crippen molar-refractivity contribution in [2.75, 3.05) is 26.1 Å². The highest BCUT2D eigenvalue weighted by molar-refractivity contribution is 6.10. The fraction of sp³-hybridized carbons (Fsp3) is 0.609. The van der Waals surface area contributed by atoms with Crippen LogP contribution < -0.4 is 10.1 Å². The predicted molar refractivity (Wildman–Crippen MR) is 113 cm³/mol. The van der Waals surface area contributed by atoms with Crippen molar-refractivity contribution in [3.05, 3.63) is 23.8 Å². The summed E-state index contributed by atoms with van der Waals surface area (Å²) in [5.41, 5.74) is -0.0547. The van der Waals surface area contributed by atoms with E-state index in [9.17, 15) is 14.4 Å². The predicted octanol–water partition coefficient (Wildman–Crippen LogP) is 1.67. The second-order valence-corrected chi connectivity index (χ2v) is 9.68. The van der Waals surface area contributed by atoms with Crippen LogP contribution in [-0.4, -0.2) is 72.0 Å². The summed E-state index contributed by atoms with van der Waals surface area (Å²) in [4.78, 5) is 44.1. The van der Waals surface area contributed by atoms with Gasteiger partial charge in [0.1, 0.15) is 17.8 Å². The third-order valence-electron chi connectivity index (χ3n) is 7.71. The molecule has 0 aromatic heterocycles. The second kappa shape index (κ2) is 6.69. The molecule has 0 saturated carbocycles. The minimum absolute atomic E-state index is 0.0334. The Morgan fingerprint density at radius 3 is 2.65 bits per heavy atom. The van der Waals surface area contributed by atoms with E-state index in [0.29, 0.717) is 30.8 Å². The fourth-order valence-electron chi connectivity index (χ4n) is 6.01. The van der Waals surface area contributed by atoms with Gasteiger partial charge in [0.15, 0.2) is 0 Å². The van der Waals surface area contributed by atoms with E-state index in [1.165, 1.54) is 0 Å². The molecule has 1 aromatic rings. The van der Waals surface area contributed by atoms with E-state index in [4.69, 9.17) is 9.47 Å². The van der Waals surface area contributed by atoms with Crippen LogP contribution >= 0.6 is 0 Å². The highest BCUT2D eigenvalue weighted by Crippen LogP contribution is 2.54. The lowest BCUT2D eigenvalue weighted by Gasteiger charge is -2.44. The molecule has 5 rings (SSSR count). The average molecular weight is 428 g/mol. The number of carbonyl (C=O) groups is 3. The minimum atomic E-state index is -0.993. The average Bonchev–Trinajstić information content (AvgIpc) is 3.43. The van der Waals surface area contributed by atoms with Crippen molar-refractivity contribution in [3.8, 4) is 5.75 Å². The monoisotopic (exact) mass is 427 g/mol. The first-order valence-corrected chi connectivity index (χ1v) is 10.9. The first-order valence-electron chi connectivity index (χ1n) is 10.9. The summed E-state index contributed by atoms with van der Waals surface area (Å²) >= 11 is 0. The van der Waals surface area contributed by atoms with Gasteiger partial charge in [-0.05, 0) is 51.2 Å². The quantitative estimate of drug-likeness (QED) is 0.790. The van der Waals surface area contributed by atoms with Crippen LogP contribution in [-0.2, 0) is 24.5 Å². The summed E-state index contributed by atoms with van der Waals surface area (Å²) in [5, 5.41) is 3.01. The molecule has 4 aliphatic heterocycles. The molecule has 3 saturated heterocycles. The Kier molecular flexibility index (Phi) is 4.38. The van der Waals surface area contributed by atoms with Gasteiger partial charge in [-0.25, -0.2) is 0 Å². The van der Waals surface area contributed by atoms with Crippen molar-refractivity contribution in [2.45, 2.75) is 68.7 Å². The molecule has 2 unspecified atom stereocenters. The van der Waals surface area contributed by atoms with Crippen molar-refractivity contribution in [3.63, 3.8) is 0 Å². The molecule has 31 heavy (non-hydrogen) atoms. The number of rotatable bonds is 4. The number of hydrogen-bond donors (Lipinski definition) is 1. The molecule has 4 aliphatic rings. The second-order valence-electron chi connectivity index (χ2n) is 9.68. The number of nitrogens with zero attached hydrogens (tertiary/aromatic N) is 2. The topological polar surface area (TPSA) is 88.2 Å². The lowest BCUT2D eigenvalue weighted by Crippen LogP contribution is -2.63. The standard InChI is InChI=1S/C23H29N3O5/c1-22(2,31-4)12-18-23(14-8-7-13(30-3)10-15(14)24-21(23)29)11-17-19(27)25-9-5-6-16(25)20(28)26(17)18/h7-8,10,16-18H,5-6,9,11-12H2,1-4H3,(H,24,29)/t16?,17?,18-,23-/m0/s1. The Balaban J connectivity index is 1.66. The maximum Gasteiger partial charge on any atom is 0.246 e. The summed E-state index contributed by atoms with van der Waals surface area (Å²) in [6.07, 6.45) is 2.26. The smallest absolute Gasteiger partial charge is 0.246 e. The minimum Gasteiger partial charge on any atom is -0.497 e. The molecule has 4 atom stereocenters. The van der Waals surface area contributed by atoms with Gasteiger partial charge in [0, 0.05) is 25.4 Å². The number of amides is 3. The molecule has 1 spiro atoms. The number of piperazine rings is 1. The van der Waals surface area contributed by atoms with Gasteiger partial charge in [-0.15, -0.1) is 0 Å². The number of carbonyl (C=O) groups excluding carboxylic acids is 3. The third kappa shape index (κ3) is 2.67. The molecular formula is C23H29N3O5. The largest absolute Gasteiger partial charge is 0.497 e. The van der Waals surface area contributed by atoms with Gasteiger partial charge < -0.3 is 24.6 Å². The van der Waals surface area contributed by atoms with Crippen molar-refractivity contribution in [2.24, 2.45) is 0 Å². The molecule has 8 nitrogen and oxygen atoms in total. The summed E-state index contributed by atoms with van der Waals surface area (Å²) < 4.78 is 11.0. The van der Waals surface area contributed by atoms with Crippen LogP contribution in [0.1, 0.15) is 45.1 Å². The van der Waals surface area contributed by atoms with Crippen LogP contribution in [0.15, 0.2) is 18.2 Å². The number of nitrogens with one attached hydrogen (secondary N) is 1. The van der Waals surface area contributed by atoms with Gasteiger partial charge >= 0.3 is 0 Å². The van der Waals surface area contributed by atoms with Crippen molar-refractivity contribution < 1.29 is 23.9 Å². The lowest BCUT2D eigenvalue weighted by molar-refractivity contribution is -0.160. The lowest BCUT2D eigenvalue weighted by atomic mass is 9.71. The molecule has 1 aromatic carbocycles. The molecule has 3 fully saturated rings. The number of anilines is 1. The van der Waals surface area contributed by atoms with Gasteiger partial charge in [0.25, 0.3) is 0 Å². The Hall–Kier alpha value is -2.61. The summed E-state index contributed by atoms with van der Waals surface area (Å²) in [6, 6.07) is 4.03. The molecule has 8 heteroatoms. The Bertz CT molecular complexity index is 976. The number of hydrogen-bond acceptors (Lipinski definition) is 5. The first-order chi connectivity index (χ1) is 14.7. The van der Waals surface area contributed by atoms with E-state index in [-0.39, 0.29) is 24.1 Å². The van der Waals surface area contributed by atoms with Gasteiger partial charge in [0.2, 0.25) is 17.7 Å². The molecule has 4 heterocycles. The van der Waals surface area contributed by atoms with Gasteiger partial charge in [0.05, 0.1) is 24.2 Å². The summed E-state index contributed by atoms with van der Waals surface area (Å²) in [6.45, 7) is 4.52. The molecule has 0 aliphatic carbocycles. The number of ether oxygens (including phenoxy) is 2. The van der Waals surface area contributed by atoms with Crippen molar-refractivity contribution in [1.82, 2.24) is 9.80 Å². The van der Waals surface area contributed by atoms with Gasteiger partial charge in [-0.2, -0.15) is 0 Å². The van der Waals surface area contributed by atoms with E-state index in [1.807, 2.05) is 26.0 Å². The van der Waals surface area contributed by atoms with Gasteiger partial charge in [-0.3, -0.25) is 14.4 Å². The van der Waals surface area contributed by atoms with Crippen LogP contribution in [0.25, 0.3) is 0 Å². The van der Waals surface area contributed by atoms with Crippen LogP contribution in [0.5, 0.6) is 5.75 Å². The Morgan fingerprint density at radius 1 is 1.16 bits per heavy atom. The third-order valence-corrected chi connectivity index (χ3v) is 7.71. The zero-order chi connectivity index (χ0) is 22.1. The maximum absolute atomic E-state index is 13.6. The molecule has 1 N–H and O–H groups in total. The van der Waals surface area contributed by atoms with E-state index in [1.54, 1.807) is 30.1 Å². The van der Waals surface area contributed by atoms with Gasteiger partial charge in [-0.1, -0.05) is 6.07 Å². The summed E-state index contributed by atoms with van der Waals surface area (Å²) in [7, 11) is 3.22. The highest BCUT2D eigenvalue weighted by atomic mass is 16.5. The number of fused-ring (bicyclic) bond motifs is 4. The molecule has 3 amide bonds. The molecule has 166 valence electrons. The van der Waals surface area contributed by atoms with E-state index in [0.717, 1.165) is 12.0 Å². The normalized spacial score (nSPS) is 31.7. The SMILES string of the molecule is COc1ccc2c(c1)NC(=O)[C@@]21CC2C(=O)N3CCCC3C(=O)N2[C@H]1CC(C)(C)OC. The zero-order valence-corrected chi connectivity index (χ0v) is 18.4. The van der Waals surface area contributed by atoms with E-state index in [2.05, 4.69) is 5.32 Å². The van der Waals surface area contributed by atoms with Crippen LogP contribution in [0.4, 0.5) is 5.69 Å². The number of benzene rings is 1. The molecular weight excluding hydrogens is 398 g/mol. The van der Waals surface area contributed by atoms with Crippen molar-refractivity contribution in [1.29, 1.82) is 0 Å². The van der Waals surface area contributed by atoms with Crippen LogP contribution in [0.3, 0.4) is 0 Å². The summed E-state index contributed by atoms with van der Waals surface area (Å²) in [5.74, 6) is 0.413.